The fraction of sp³-hybridized carbons (Fsp3) is 0.263. The molecule has 3 nitrogen and oxygen atoms in total. The first-order valence-corrected chi connectivity index (χ1v) is 9.40. The molecular weight excluding hydrogens is 306 g/mol. The fourth-order valence-electron chi connectivity index (χ4n) is 3.67. The van der Waals surface area contributed by atoms with E-state index in [4.69, 9.17) is 0 Å². The molecule has 1 heterocycles. The zero-order valence-electron chi connectivity index (χ0n) is 13.0. The van der Waals surface area contributed by atoms with Gasteiger partial charge in [0.25, 0.3) is 10.0 Å². The van der Waals surface area contributed by atoms with Gasteiger partial charge in [-0.3, -0.25) is 4.31 Å². The summed E-state index contributed by atoms with van der Waals surface area (Å²) < 4.78 is 28.1. The Labute approximate surface area is 137 Å². The van der Waals surface area contributed by atoms with Crippen LogP contribution >= 0.6 is 0 Å². The van der Waals surface area contributed by atoms with Crippen LogP contribution < -0.4 is 4.31 Å². The summed E-state index contributed by atoms with van der Waals surface area (Å²) in [6.45, 7) is 1.96. The van der Waals surface area contributed by atoms with Crippen molar-refractivity contribution in [3.05, 3.63) is 71.8 Å². The lowest BCUT2D eigenvalue weighted by Crippen LogP contribution is -2.38. The number of allylic oxidation sites excluding steroid dienone is 1. The molecule has 118 valence electrons. The summed E-state index contributed by atoms with van der Waals surface area (Å²) in [5.41, 5.74) is 3.04. The van der Waals surface area contributed by atoms with E-state index in [0.717, 1.165) is 29.7 Å². The van der Waals surface area contributed by atoms with Crippen LogP contribution in [0.5, 0.6) is 0 Å². The largest absolute Gasteiger partial charge is 0.264 e. The Kier molecular flexibility index (Phi) is 3.31. The number of aryl methyl sites for hydroxylation is 1. The second-order valence-corrected chi connectivity index (χ2v) is 8.09. The molecule has 2 aromatic carbocycles. The molecule has 0 spiro atoms. The van der Waals surface area contributed by atoms with Crippen molar-refractivity contribution < 1.29 is 8.42 Å². The Hall–Kier alpha value is -2.07. The van der Waals surface area contributed by atoms with Crippen molar-refractivity contribution in [3.63, 3.8) is 0 Å². The lowest BCUT2D eigenvalue weighted by molar-refractivity contribution is 0.553. The smallest absolute Gasteiger partial charge is 0.259 e. The molecule has 2 aliphatic rings. The highest BCUT2D eigenvalue weighted by Gasteiger charge is 2.43. The summed E-state index contributed by atoms with van der Waals surface area (Å²) in [4.78, 5) is 0.359. The molecule has 0 amide bonds. The van der Waals surface area contributed by atoms with Gasteiger partial charge in [-0.25, -0.2) is 8.42 Å². The number of hydrogen-bond donors (Lipinski definition) is 0. The van der Waals surface area contributed by atoms with Crippen molar-refractivity contribution in [1.29, 1.82) is 0 Å². The zero-order valence-corrected chi connectivity index (χ0v) is 13.8. The molecule has 1 aliphatic heterocycles. The second kappa shape index (κ2) is 5.24. The van der Waals surface area contributed by atoms with E-state index < -0.39 is 10.0 Å². The standard InChI is InChI=1S/C19H19NO2S/c1-14-10-12-15(13-11-14)23(21,22)20-18-8-4-2-6-16(18)17-7-3-5-9-19(17)20/h2,4-6,8-13,17,19H,3,7H2,1H3. The first-order valence-electron chi connectivity index (χ1n) is 7.96. The van der Waals surface area contributed by atoms with Crippen LogP contribution in [0.25, 0.3) is 0 Å². The minimum Gasteiger partial charge on any atom is -0.259 e. The molecule has 23 heavy (non-hydrogen) atoms. The third-order valence-corrected chi connectivity index (χ3v) is 6.64. The number of benzene rings is 2. The van der Waals surface area contributed by atoms with Crippen LogP contribution in [0.4, 0.5) is 5.69 Å². The molecule has 0 radical (unpaired) electrons. The highest BCUT2D eigenvalue weighted by Crippen LogP contribution is 2.47. The van der Waals surface area contributed by atoms with Crippen molar-refractivity contribution in [3.8, 4) is 0 Å². The molecule has 1 aliphatic carbocycles. The van der Waals surface area contributed by atoms with Gasteiger partial charge in [-0.2, -0.15) is 0 Å². The van der Waals surface area contributed by atoms with Crippen molar-refractivity contribution in [2.45, 2.75) is 36.6 Å². The van der Waals surface area contributed by atoms with Crippen molar-refractivity contribution >= 4 is 15.7 Å². The molecule has 4 heteroatoms. The van der Waals surface area contributed by atoms with Crippen LogP contribution in [0.15, 0.2) is 65.6 Å². The monoisotopic (exact) mass is 325 g/mol. The second-order valence-electron chi connectivity index (χ2n) is 6.28. The summed E-state index contributed by atoms with van der Waals surface area (Å²) in [5.74, 6) is 0.261. The maximum absolute atomic E-state index is 13.3. The Morgan fingerprint density at radius 3 is 2.57 bits per heavy atom. The first kappa shape index (κ1) is 14.5. The molecule has 2 unspecified atom stereocenters. The van der Waals surface area contributed by atoms with E-state index in [-0.39, 0.29) is 12.0 Å². The molecule has 0 N–H and O–H groups in total. The lowest BCUT2D eigenvalue weighted by Gasteiger charge is -2.29. The topological polar surface area (TPSA) is 37.4 Å². The van der Waals surface area contributed by atoms with Gasteiger partial charge in [0.2, 0.25) is 0 Å². The third kappa shape index (κ3) is 2.20. The summed E-state index contributed by atoms with van der Waals surface area (Å²) in [6, 6.07) is 14.9. The summed E-state index contributed by atoms with van der Waals surface area (Å²) in [5, 5.41) is 0. The van der Waals surface area contributed by atoms with Crippen molar-refractivity contribution in [2.75, 3.05) is 4.31 Å². The number of para-hydroxylation sites is 1. The number of hydrogen-bond acceptors (Lipinski definition) is 2. The van der Waals surface area contributed by atoms with Crippen LogP contribution in [0.2, 0.25) is 0 Å². The van der Waals surface area contributed by atoms with Gasteiger partial charge >= 0.3 is 0 Å². The lowest BCUT2D eigenvalue weighted by atomic mass is 9.87. The Balaban J connectivity index is 1.88. The van der Waals surface area contributed by atoms with E-state index in [2.05, 4.69) is 18.2 Å². The average molecular weight is 325 g/mol. The van der Waals surface area contributed by atoms with Gasteiger partial charge in [-0.15, -0.1) is 0 Å². The van der Waals surface area contributed by atoms with Gasteiger partial charge < -0.3 is 0 Å². The minimum absolute atomic E-state index is 0.104. The number of nitrogens with zero attached hydrogens (tertiary/aromatic N) is 1. The van der Waals surface area contributed by atoms with Gasteiger partial charge in [0.05, 0.1) is 16.6 Å². The van der Waals surface area contributed by atoms with Crippen LogP contribution in [0.1, 0.15) is 29.9 Å². The van der Waals surface area contributed by atoms with Gasteiger partial charge in [-0.05, 0) is 43.5 Å². The molecule has 0 aromatic heterocycles. The van der Waals surface area contributed by atoms with Crippen LogP contribution in [0, 0.1) is 6.92 Å². The molecular formula is C19H19NO2S. The first-order chi connectivity index (χ1) is 11.1. The van der Waals surface area contributed by atoms with Gasteiger partial charge in [0.15, 0.2) is 0 Å². The van der Waals surface area contributed by atoms with Gasteiger partial charge in [-0.1, -0.05) is 48.0 Å². The molecule has 4 rings (SSSR count). The minimum atomic E-state index is -3.56. The van der Waals surface area contributed by atoms with Gasteiger partial charge in [0, 0.05) is 5.92 Å². The van der Waals surface area contributed by atoms with Crippen molar-refractivity contribution in [1.82, 2.24) is 0 Å². The Bertz CT molecular complexity index is 868. The molecule has 0 saturated heterocycles. The summed E-state index contributed by atoms with van der Waals surface area (Å²) >= 11 is 0. The average Bonchev–Trinajstić information content (AvgIpc) is 2.90. The normalized spacial score (nSPS) is 22.7. The predicted molar refractivity (Wildman–Crippen MR) is 92.2 cm³/mol. The van der Waals surface area contributed by atoms with Crippen LogP contribution in [0.3, 0.4) is 0 Å². The number of fused-ring (bicyclic) bond motifs is 3. The van der Waals surface area contributed by atoms with E-state index in [1.165, 1.54) is 0 Å². The van der Waals surface area contributed by atoms with E-state index >= 15 is 0 Å². The summed E-state index contributed by atoms with van der Waals surface area (Å²) in [7, 11) is -3.56. The van der Waals surface area contributed by atoms with Crippen molar-refractivity contribution in [2.24, 2.45) is 0 Å². The maximum Gasteiger partial charge on any atom is 0.264 e. The highest BCUT2D eigenvalue weighted by molar-refractivity contribution is 7.92. The van der Waals surface area contributed by atoms with E-state index in [0.29, 0.717) is 4.90 Å². The molecule has 0 fully saturated rings. The maximum atomic E-state index is 13.3. The predicted octanol–water partition coefficient (Wildman–Crippen LogP) is 4.01. The number of sulfonamides is 1. The molecule has 0 saturated carbocycles. The Morgan fingerprint density at radius 1 is 1.04 bits per heavy atom. The zero-order chi connectivity index (χ0) is 16.0. The quantitative estimate of drug-likeness (QED) is 0.783. The SMILES string of the molecule is Cc1ccc(S(=O)(=O)N2c3ccccc3C3CCC=CC32)cc1. The molecule has 2 atom stereocenters. The van der Waals surface area contributed by atoms with Crippen LogP contribution in [-0.4, -0.2) is 14.5 Å². The molecule has 0 bridgehead atoms. The fourth-order valence-corrected chi connectivity index (χ4v) is 5.34. The third-order valence-electron chi connectivity index (χ3n) is 4.81. The Morgan fingerprint density at radius 2 is 1.78 bits per heavy atom. The van der Waals surface area contributed by atoms with E-state index in [1.54, 1.807) is 16.4 Å². The number of rotatable bonds is 2. The molecule has 2 aromatic rings. The van der Waals surface area contributed by atoms with Gasteiger partial charge in [0.1, 0.15) is 0 Å². The van der Waals surface area contributed by atoms with E-state index in [9.17, 15) is 8.42 Å². The van der Waals surface area contributed by atoms with Crippen LogP contribution in [-0.2, 0) is 10.0 Å². The number of anilines is 1. The highest BCUT2D eigenvalue weighted by atomic mass is 32.2. The summed E-state index contributed by atoms with van der Waals surface area (Å²) in [6.07, 6.45) is 6.16. The van der Waals surface area contributed by atoms with E-state index in [1.807, 2.05) is 37.3 Å².